The van der Waals surface area contributed by atoms with E-state index < -0.39 is 0 Å². The number of methoxy groups -OCH3 is 1. The Bertz CT molecular complexity index is 922. The summed E-state index contributed by atoms with van der Waals surface area (Å²) < 4.78 is 15.6. The van der Waals surface area contributed by atoms with Crippen molar-refractivity contribution in [3.8, 4) is 11.5 Å². The van der Waals surface area contributed by atoms with Crippen LogP contribution in [0.1, 0.15) is 11.1 Å². The van der Waals surface area contributed by atoms with Gasteiger partial charge in [0.2, 0.25) is 5.91 Å². The van der Waals surface area contributed by atoms with Crippen molar-refractivity contribution >= 4 is 16.9 Å². The SMILES string of the molecule is COc1ccc2c(c1)OCC(C(=O)NCc1ccc3nonc3c1)C2. The molecule has 3 aromatic rings. The van der Waals surface area contributed by atoms with Gasteiger partial charge in [-0.2, -0.15) is 0 Å². The number of hydrogen-bond acceptors (Lipinski definition) is 6. The Morgan fingerprint density at radius 2 is 2.12 bits per heavy atom. The predicted octanol–water partition coefficient (Wildman–Crippen LogP) is 2.10. The molecule has 0 bridgehead atoms. The Balaban J connectivity index is 1.39. The average Bonchev–Trinajstić information content (AvgIpc) is 3.13. The minimum atomic E-state index is -0.210. The number of hydrogen-bond donors (Lipinski definition) is 1. The lowest BCUT2D eigenvalue weighted by Gasteiger charge is -2.25. The largest absolute Gasteiger partial charge is 0.497 e. The highest BCUT2D eigenvalue weighted by molar-refractivity contribution is 5.80. The summed E-state index contributed by atoms with van der Waals surface area (Å²) in [5, 5.41) is 10.5. The first kappa shape index (κ1) is 15.4. The molecule has 128 valence electrons. The lowest BCUT2D eigenvalue weighted by Crippen LogP contribution is -2.37. The Labute approximate surface area is 143 Å². The Kier molecular flexibility index (Phi) is 3.97. The normalized spacial score (nSPS) is 16.1. The summed E-state index contributed by atoms with van der Waals surface area (Å²) in [6.45, 7) is 0.784. The number of aromatic nitrogens is 2. The van der Waals surface area contributed by atoms with Crippen LogP contribution in [0.5, 0.6) is 11.5 Å². The number of ether oxygens (including phenoxy) is 2. The molecule has 0 spiro atoms. The third-order valence-corrected chi connectivity index (χ3v) is 4.34. The highest BCUT2D eigenvalue weighted by Gasteiger charge is 2.26. The van der Waals surface area contributed by atoms with Crippen molar-refractivity contribution in [2.75, 3.05) is 13.7 Å². The number of rotatable bonds is 4. The first-order valence-corrected chi connectivity index (χ1v) is 8.01. The van der Waals surface area contributed by atoms with Gasteiger partial charge in [-0.25, -0.2) is 4.63 Å². The van der Waals surface area contributed by atoms with Gasteiger partial charge in [0, 0.05) is 12.6 Å². The quantitative estimate of drug-likeness (QED) is 0.783. The highest BCUT2D eigenvalue weighted by Crippen LogP contribution is 2.31. The molecule has 1 unspecified atom stereocenters. The second-order valence-electron chi connectivity index (χ2n) is 5.99. The van der Waals surface area contributed by atoms with E-state index in [1.807, 2.05) is 36.4 Å². The smallest absolute Gasteiger partial charge is 0.227 e. The van der Waals surface area contributed by atoms with E-state index in [1.54, 1.807) is 7.11 Å². The van der Waals surface area contributed by atoms with E-state index >= 15 is 0 Å². The van der Waals surface area contributed by atoms with Crippen molar-refractivity contribution in [1.82, 2.24) is 15.6 Å². The lowest BCUT2D eigenvalue weighted by molar-refractivity contribution is -0.126. The van der Waals surface area contributed by atoms with E-state index in [9.17, 15) is 4.79 Å². The minimum Gasteiger partial charge on any atom is -0.497 e. The predicted molar refractivity (Wildman–Crippen MR) is 89.3 cm³/mol. The van der Waals surface area contributed by atoms with E-state index in [0.29, 0.717) is 30.6 Å². The van der Waals surface area contributed by atoms with Gasteiger partial charge in [-0.05, 0) is 46.1 Å². The zero-order valence-electron chi connectivity index (χ0n) is 13.7. The third-order valence-electron chi connectivity index (χ3n) is 4.34. The molecule has 1 atom stereocenters. The van der Waals surface area contributed by atoms with E-state index in [1.165, 1.54) is 0 Å². The Hall–Kier alpha value is -3.09. The number of fused-ring (bicyclic) bond motifs is 2. The average molecular weight is 339 g/mol. The number of nitrogens with zero attached hydrogens (tertiary/aromatic N) is 2. The second-order valence-corrected chi connectivity index (χ2v) is 5.99. The summed E-state index contributed by atoms with van der Waals surface area (Å²) in [6.07, 6.45) is 0.650. The van der Waals surface area contributed by atoms with E-state index in [2.05, 4.69) is 20.3 Å². The first-order valence-electron chi connectivity index (χ1n) is 8.01. The van der Waals surface area contributed by atoms with Gasteiger partial charge in [0.1, 0.15) is 29.1 Å². The molecule has 0 fully saturated rings. The van der Waals surface area contributed by atoms with Crippen LogP contribution >= 0.6 is 0 Å². The fourth-order valence-electron chi connectivity index (χ4n) is 2.92. The van der Waals surface area contributed by atoms with Crippen molar-refractivity contribution in [3.05, 3.63) is 47.5 Å². The van der Waals surface area contributed by atoms with Gasteiger partial charge in [-0.3, -0.25) is 4.79 Å². The molecule has 25 heavy (non-hydrogen) atoms. The summed E-state index contributed by atoms with van der Waals surface area (Å²) in [5.74, 6) is 1.30. The first-order chi connectivity index (χ1) is 12.2. The maximum atomic E-state index is 12.5. The molecule has 7 heteroatoms. The van der Waals surface area contributed by atoms with E-state index in [0.717, 1.165) is 22.6 Å². The van der Waals surface area contributed by atoms with Crippen LogP contribution in [-0.2, 0) is 17.8 Å². The maximum absolute atomic E-state index is 12.5. The molecule has 4 rings (SSSR count). The summed E-state index contributed by atoms with van der Waals surface area (Å²) in [6, 6.07) is 11.2. The minimum absolute atomic E-state index is 0.0279. The molecule has 1 amide bonds. The molecule has 2 aromatic carbocycles. The number of benzene rings is 2. The van der Waals surface area contributed by atoms with Gasteiger partial charge in [-0.15, -0.1) is 0 Å². The molecule has 7 nitrogen and oxygen atoms in total. The van der Waals surface area contributed by atoms with Crippen LogP contribution in [0, 0.1) is 5.92 Å². The van der Waals surface area contributed by atoms with Crippen LogP contribution in [-0.4, -0.2) is 29.9 Å². The number of nitrogens with one attached hydrogen (secondary N) is 1. The van der Waals surface area contributed by atoms with Crippen LogP contribution in [0.4, 0.5) is 0 Å². The molecular weight excluding hydrogens is 322 g/mol. The molecule has 2 heterocycles. The van der Waals surface area contributed by atoms with Gasteiger partial charge in [0.05, 0.1) is 13.0 Å². The summed E-state index contributed by atoms with van der Waals surface area (Å²) in [4.78, 5) is 12.5. The van der Waals surface area contributed by atoms with Gasteiger partial charge in [0.15, 0.2) is 0 Å². The molecular formula is C18H17N3O4. The zero-order chi connectivity index (χ0) is 17.2. The van der Waals surface area contributed by atoms with Crippen molar-refractivity contribution in [1.29, 1.82) is 0 Å². The number of carbonyl (C=O) groups excluding carboxylic acids is 1. The molecule has 0 saturated carbocycles. The third kappa shape index (κ3) is 3.13. The zero-order valence-corrected chi connectivity index (χ0v) is 13.7. The van der Waals surface area contributed by atoms with Crippen molar-refractivity contribution < 1.29 is 18.9 Å². The van der Waals surface area contributed by atoms with Gasteiger partial charge in [-0.1, -0.05) is 12.1 Å². The topological polar surface area (TPSA) is 86.5 Å². The standard InChI is InChI=1S/C18H17N3O4/c1-23-14-4-3-12-7-13(10-24-17(12)8-14)18(22)19-9-11-2-5-15-16(6-11)21-25-20-15/h2-6,8,13H,7,9-10H2,1H3,(H,19,22). The number of amides is 1. The molecule has 0 saturated heterocycles. The van der Waals surface area contributed by atoms with Crippen LogP contribution in [0.3, 0.4) is 0 Å². The van der Waals surface area contributed by atoms with Crippen LogP contribution in [0.2, 0.25) is 0 Å². The van der Waals surface area contributed by atoms with Crippen LogP contribution in [0.25, 0.3) is 11.0 Å². The molecule has 1 N–H and O–H groups in total. The molecule has 1 aromatic heterocycles. The van der Waals surface area contributed by atoms with Gasteiger partial charge in [0.25, 0.3) is 0 Å². The Morgan fingerprint density at radius 1 is 1.24 bits per heavy atom. The highest BCUT2D eigenvalue weighted by atomic mass is 16.6. The van der Waals surface area contributed by atoms with Crippen LogP contribution < -0.4 is 14.8 Å². The number of carbonyl (C=O) groups is 1. The van der Waals surface area contributed by atoms with E-state index in [-0.39, 0.29) is 11.8 Å². The molecule has 0 radical (unpaired) electrons. The summed E-state index contributed by atoms with van der Waals surface area (Å²) in [7, 11) is 1.62. The summed E-state index contributed by atoms with van der Waals surface area (Å²) in [5.41, 5.74) is 3.33. The molecule has 0 aliphatic carbocycles. The second kappa shape index (κ2) is 6.43. The summed E-state index contributed by atoms with van der Waals surface area (Å²) >= 11 is 0. The Morgan fingerprint density at radius 3 is 3.00 bits per heavy atom. The lowest BCUT2D eigenvalue weighted by atomic mass is 9.96. The van der Waals surface area contributed by atoms with Crippen LogP contribution in [0.15, 0.2) is 41.0 Å². The fraction of sp³-hybridized carbons (Fsp3) is 0.278. The molecule has 1 aliphatic heterocycles. The monoisotopic (exact) mass is 339 g/mol. The fourth-order valence-corrected chi connectivity index (χ4v) is 2.92. The maximum Gasteiger partial charge on any atom is 0.227 e. The van der Waals surface area contributed by atoms with Crippen molar-refractivity contribution in [2.45, 2.75) is 13.0 Å². The molecule has 1 aliphatic rings. The van der Waals surface area contributed by atoms with Crippen molar-refractivity contribution in [3.63, 3.8) is 0 Å². The van der Waals surface area contributed by atoms with Gasteiger partial charge >= 0.3 is 0 Å². The van der Waals surface area contributed by atoms with Crippen molar-refractivity contribution in [2.24, 2.45) is 5.92 Å². The van der Waals surface area contributed by atoms with Gasteiger partial charge < -0.3 is 14.8 Å². The van der Waals surface area contributed by atoms with E-state index in [4.69, 9.17) is 9.47 Å².